The molecule has 31 heavy (non-hydrogen) atoms. The molecule has 1 saturated heterocycles. The molecule has 0 aromatic carbocycles. The van der Waals surface area contributed by atoms with Crippen molar-refractivity contribution in [2.45, 2.75) is 83.3 Å². The number of aliphatic hydroxyl groups excluding tert-OH is 2. The van der Waals surface area contributed by atoms with Crippen LogP contribution < -0.4 is 0 Å². The van der Waals surface area contributed by atoms with Crippen LogP contribution in [0.4, 0.5) is 0 Å². The van der Waals surface area contributed by atoms with Crippen LogP contribution in [0.2, 0.25) is 0 Å². The molecule has 0 aromatic heterocycles. The van der Waals surface area contributed by atoms with E-state index in [1.807, 2.05) is 13.8 Å². The van der Waals surface area contributed by atoms with E-state index in [9.17, 15) is 19.8 Å². The highest BCUT2D eigenvalue weighted by Gasteiger charge is 2.75. The van der Waals surface area contributed by atoms with E-state index in [4.69, 9.17) is 15.0 Å². The average Bonchev–Trinajstić information content (AvgIpc) is 3.26. The highest BCUT2D eigenvalue weighted by molar-refractivity contribution is 6.01. The molecule has 0 bridgehead atoms. The standard InChI is InChI=1S/C25H34O6/c1-4-5-21-30-20-11-17-16-7-6-14-10-15(27)8-9-23(14,2)22(16)18(28)12-24(17,3)25(20,31-21)19(29)13-26/h8-10,16-18,20-22,26,28H,4-7,11-13H2,1-3H3/t16-,17-,18-,20+,21?,22+,23-,24-,25+/m0/s1/i6D2,8D,9D. The van der Waals surface area contributed by atoms with E-state index in [1.54, 1.807) is 6.92 Å². The van der Waals surface area contributed by atoms with Gasteiger partial charge < -0.3 is 19.7 Å². The number of aliphatic hydroxyl groups is 2. The zero-order valence-electron chi connectivity index (χ0n) is 22.3. The quantitative estimate of drug-likeness (QED) is 0.707. The first kappa shape index (κ1) is 17.2. The van der Waals surface area contributed by atoms with Crippen LogP contribution in [-0.2, 0) is 19.1 Å². The number of hydrogen-bond acceptors (Lipinski definition) is 6. The van der Waals surface area contributed by atoms with Crippen molar-refractivity contribution in [2.24, 2.45) is 28.6 Å². The maximum atomic E-state index is 13.3. The van der Waals surface area contributed by atoms with Crippen LogP contribution in [0.5, 0.6) is 0 Å². The lowest BCUT2D eigenvalue weighted by atomic mass is 9.46. The fourth-order valence-corrected chi connectivity index (χ4v) is 7.55. The Labute approximate surface area is 189 Å². The van der Waals surface area contributed by atoms with Crippen molar-refractivity contribution >= 4 is 11.6 Å². The fraction of sp³-hybridized carbons (Fsp3) is 0.760. The van der Waals surface area contributed by atoms with Crippen LogP contribution in [0.3, 0.4) is 0 Å². The number of carbonyl (C=O) groups excluding carboxylic acids is 2. The Kier molecular flexibility index (Phi) is 3.92. The summed E-state index contributed by atoms with van der Waals surface area (Å²) in [5.74, 6) is -2.52. The molecule has 1 heterocycles. The lowest BCUT2D eigenvalue weighted by Gasteiger charge is -2.59. The summed E-state index contributed by atoms with van der Waals surface area (Å²) in [6.07, 6.45) is -1.09. The molecule has 0 amide bonds. The lowest BCUT2D eigenvalue weighted by molar-refractivity contribution is -0.200. The number of ketones is 2. The van der Waals surface area contributed by atoms with Crippen molar-refractivity contribution in [1.82, 2.24) is 0 Å². The van der Waals surface area contributed by atoms with Crippen LogP contribution in [-0.4, -0.2) is 52.5 Å². The summed E-state index contributed by atoms with van der Waals surface area (Å²) >= 11 is 0. The van der Waals surface area contributed by atoms with Gasteiger partial charge in [0.2, 0.25) is 0 Å². The molecule has 6 nitrogen and oxygen atoms in total. The third kappa shape index (κ3) is 2.65. The van der Waals surface area contributed by atoms with Crippen LogP contribution in [0.1, 0.15) is 64.7 Å². The highest BCUT2D eigenvalue weighted by atomic mass is 16.7. The van der Waals surface area contributed by atoms with E-state index in [2.05, 4.69) is 0 Å². The van der Waals surface area contributed by atoms with Crippen LogP contribution in [0.15, 0.2) is 23.8 Å². The normalized spacial score (nSPS) is 54.5. The molecule has 6 heteroatoms. The van der Waals surface area contributed by atoms with Crippen molar-refractivity contribution in [3.63, 3.8) is 0 Å². The minimum atomic E-state index is -1.94. The number of hydrogen-bond donors (Lipinski definition) is 2. The Bertz CT molecular complexity index is 1040. The molecule has 4 fully saturated rings. The predicted molar refractivity (Wildman–Crippen MR) is 113 cm³/mol. The largest absolute Gasteiger partial charge is 0.393 e. The van der Waals surface area contributed by atoms with Gasteiger partial charge in [-0.1, -0.05) is 38.8 Å². The van der Waals surface area contributed by atoms with Gasteiger partial charge in [-0.25, -0.2) is 0 Å². The summed E-state index contributed by atoms with van der Waals surface area (Å²) in [4.78, 5) is 25.7. The Morgan fingerprint density at radius 3 is 2.90 bits per heavy atom. The second kappa shape index (κ2) is 7.08. The van der Waals surface area contributed by atoms with Gasteiger partial charge in [-0.05, 0) is 56.0 Å². The first-order chi connectivity index (χ1) is 16.3. The van der Waals surface area contributed by atoms with Crippen LogP contribution in [0, 0.1) is 28.6 Å². The summed E-state index contributed by atoms with van der Waals surface area (Å²) < 4.78 is 47.2. The minimum Gasteiger partial charge on any atom is -0.393 e. The van der Waals surface area contributed by atoms with Gasteiger partial charge in [0.1, 0.15) is 6.61 Å². The third-order valence-electron chi connectivity index (χ3n) is 8.80. The molecular formula is C25H34O6. The molecule has 2 N–H and O–H groups in total. The zero-order chi connectivity index (χ0) is 25.7. The summed E-state index contributed by atoms with van der Waals surface area (Å²) in [6, 6.07) is -0.742. The van der Waals surface area contributed by atoms with Crippen molar-refractivity contribution < 1.29 is 34.8 Å². The summed E-state index contributed by atoms with van der Waals surface area (Å²) in [6.45, 7) is 4.81. The van der Waals surface area contributed by atoms with Crippen molar-refractivity contribution in [3.05, 3.63) is 23.8 Å². The van der Waals surface area contributed by atoms with Gasteiger partial charge >= 0.3 is 0 Å². The Morgan fingerprint density at radius 1 is 1.42 bits per heavy atom. The van der Waals surface area contributed by atoms with Gasteiger partial charge in [0.15, 0.2) is 23.5 Å². The number of allylic oxidation sites excluding steroid dienone is 4. The number of rotatable bonds is 4. The number of ether oxygens (including phenoxy) is 2. The highest BCUT2D eigenvalue weighted by Crippen LogP contribution is 2.69. The van der Waals surface area contributed by atoms with E-state index in [-0.39, 0.29) is 30.4 Å². The molecule has 0 aromatic rings. The van der Waals surface area contributed by atoms with Crippen molar-refractivity contribution in [2.75, 3.05) is 6.61 Å². The molecule has 0 radical (unpaired) electrons. The van der Waals surface area contributed by atoms with Crippen molar-refractivity contribution in [1.29, 1.82) is 0 Å². The zero-order valence-corrected chi connectivity index (χ0v) is 18.3. The molecule has 4 aliphatic carbocycles. The van der Waals surface area contributed by atoms with Gasteiger partial charge in [0, 0.05) is 19.5 Å². The summed E-state index contributed by atoms with van der Waals surface area (Å²) in [7, 11) is 0. The van der Waals surface area contributed by atoms with Crippen LogP contribution in [0.25, 0.3) is 0 Å². The van der Waals surface area contributed by atoms with Gasteiger partial charge in [-0.3, -0.25) is 9.59 Å². The Morgan fingerprint density at radius 2 is 2.19 bits per heavy atom. The molecule has 5 rings (SSSR count). The van der Waals surface area contributed by atoms with E-state index in [0.717, 1.165) is 12.5 Å². The second-order valence-corrected chi connectivity index (χ2v) is 10.3. The second-order valence-electron chi connectivity index (χ2n) is 10.3. The third-order valence-corrected chi connectivity index (χ3v) is 8.80. The van der Waals surface area contributed by atoms with Gasteiger partial charge in [0.25, 0.3) is 0 Å². The Balaban J connectivity index is 1.64. The molecular weight excluding hydrogens is 396 g/mol. The van der Waals surface area contributed by atoms with Gasteiger partial charge in [-0.15, -0.1) is 0 Å². The van der Waals surface area contributed by atoms with Gasteiger partial charge in [-0.2, -0.15) is 0 Å². The topological polar surface area (TPSA) is 93.1 Å². The smallest absolute Gasteiger partial charge is 0.193 e. The number of fused-ring (bicyclic) bond motifs is 7. The first-order valence-electron chi connectivity index (χ1n) is 13.4. The summed E-state index contributed by atoms with van der Waals surface area (Å²) in [5, 5.41) is 21.6. The number of Topliss-reactive ketones (excluding diaryl/α,β-unsaturated/α-hetero) is 1. The molecule has 9 atom stereocenters. The van der Waals surface area contributed by atoms with Gasteiger partial charge in [0.05, 0.1) is 14.9 Å². The molecule has 170 valence electrons. The van der Waals surface area contributed by atoms with E-state index < -0.39 is 77.4 Å². The van der Waals surface area contributed by atoms with E-state index in [0.29, 0.717) is 12.8 Å². The van der Waals surface area contributed by atoms with Crippen molar-refractivity contribution in [3.8, 4) is 0 Å². The molecule has 1 unspecified atom stereocenters. The maximum Gasteiger partial charge on any atom is 0.193 e. The lowest BCUT2D eigenvalue weighted by Crippen LogP contribution is -2.63. The monoisotopic (exact) mass is 434 g/mol. The minimum absolute atomic E-state index is 0.0127. The molecule has 3 saturated carbocycles. The maximum absolute atomic E-state index is 13.3. The molecule has 0 spiro atoms. The average molecular weight is 435 g/mol. The number of carbonyl (C=O) groups is 2. The van der Waals surface area contributed by atoms with E-state index in [1.165, 1.54) is 0 Å². The predicted octanol–water partition coefficient (Wildman–Crippen LogP) is 2.72. The summed E-state index contributed by atoms with van der Waals surface area (Å²) in [5.41, 5.74) is -3.54. The van der Waals surface area contributed by atoms with Crippen LogP contribution >= 0.6 is 0 Å². The SMILES string of the molecule is [2H]C1=C([2H])[C@@]2(C)C(=CC1=O)C([2H])([2H])C[C@@H]1[C@@H]2[C@@H](O)C[C@@]2(C)[C@H]1C[C@H]1OC(CCC)O[C@]12C(=O)CO. The molecule has 5 aliphatic rings. The fourth-order valence-electron chi connectivity index (χ4n) is 7.55. The molecule has 1 aliphatic heterocycles. The Hall–Kier alpha value is -1.34. The van der Waals surface area contributed by atoms with E-state index >= 15 is 0 Å². The first-order valence-corrected chi connectivity index (χ1v) is 11.4.